The zero-order chi connectivity index (χ0) is 19.4. The molecule has 1 atom stereocenters. The molecule has 146 valence electrons. The van der Waals surface area contributed by atoms with E-state index in [1.165, 1.54) is 12.8 Å². The molecule has 2 heterocycles. The van der Waals surface area contributed by atoms with E-state index >= 15 is 0 Å². The van der Waals surface area contributed by atoms with Crippen LogP contribution in [0.25, 0.3) is 11.4 Å². The van der Waals surface area contributed by atoms with Crippen LogP contribution in [0.2, 0.25) is 0 Å². The van der Waals surface area contributed by atoms with Crippen molar-refractivity contribution >= 4 is 40.8 Å². The van der Waals surface area contributed by atoms with Crippen LogP contribution < -0.4 is 10.1 Å². The summed E-state index contributed by atoms with van der Waals surface area (Å²) in [6.45, 7) is 1.87. The Kier molecular flexibility index (Phi) is 6.63. The number of alkyl halides is 3. The summed E-state index contributed by atoms with van der Waals surface area (Å²) in [6, 6.07) is 8.00. The van der Waals surface area contributed by atoms with Crippen LogP contribution in [0.4, 0.5) is 5.95 Å². The molecule has 1 aliphatic heterocycles. The van der Waals surface area contributed by atoms with Gasteiger partial charge in [-0.05, 0) is 45.0 Å². The molecule has 0 bridgehead atoms. The summed E-state index contributed by atoms with van der Waals surface area (Å²) in [5, 5.41) is 3.25. The van der Waals surface area contributed by atoms with E-state index < -0.39 is 3.79 Å². The number of halogens is 3. The van der Waals surface area contributed by atoms with Gasteiger partial charge in [0.05, 0.1) is 12.7 Å². The number of rotatable bonds is 6. The molecule has 9 heteroatoms. The highest BCUT2D eigenvalue weighted by atomic mass is 35.6. The van der Waals surface area contributed by atoms with Gasteiger partial charge in [-0.25, -0.2) is 4.98 Å². The van der Waals surface area contributed by atoms with Crippen LogP contribution in [-0.2, 0) is 3.79 Å². The summed E-state index contributed by atoms with van der Waals surface area (Å²) in [5.41, 5.74) is 0.705. The number of nitrogens with one attached hydrogen (secondary N) is 1. The number of hydrogen-bond acceptors (Lipinski definition) is 6. The number of methoxy groups -OCH3 is 1. The van der Waals surface area contributed by atoms with Gasteiger partial charge in [0.1, 0.15) is 5.75 Å². The van der Waals surface area contributed by atoms with Gasteiger partial charge >= 0.3 is 0 Å². The second-order valence-corrected chi connectivity index (χ2v) is 8.78. The van der Waals surface area contributed by atoms with Crippen LogP contribution in [0, 0.1) is 0 Å². The number of hydrogen-bond donors (Lipinski definition) is 1. The lowest BCUT2D eigenvalue weighted by molar-refractivity contribution is 0.301. The number of likely N-dealkylation sites (tertiary alicyclic amines) is 1. The smallest absolute Gasteiger partial charge is 0.250 e. The van der Waals surface area contributed by atoms with E-state index in [1.54, 1.807) is 7.11 Å². The fourth-order valence-corrected chi connectivity index (χ4v) is 3.48. The Morgan fingerprint density at radius 1 is 1.22 bits per heavy atom. The summed E-state index contributed by atoms with van der Waals surface area (Å²) in [6.07, 6.45) is 3.44. The second-order valence-electron chi connectivity index (χ2n) is 6.50. The minimum absolute atomic E-state index is 0.0730. The maximum atomic E-state index is 6.03. The fourth-order valence-electron chi connectivity index (χ4n) is 3.23. The number of benzene rings is 1. The quantitative estimate of drug-likeness (QED) is 0.691. The molecule has 1 aliphatic rings. The van der Waals surface area contributed by atoms with E-state index in [0.717, 1.165) is 19.5 Å². The highest BCUT2D eigenvalue weighted by Crippen LogP contribution is 2.37. The highest BCUT2D eigenvalue weighted by Gasteiger charge is 2.29. The molecule has 1 fully saturated rings. The van der Waals surface area contributed by atoms with Crippen LogP contribution in [0.15, 0.2) is 24.3 Å². The van der Waals surface area contributed by atoms with Crippen molar-refractivity contribution in [3.8, 4) is 17.1 Å². The monoisotopic (exact) mass is 429 g/mol. The Labute approximate surface area is 174 Å². The number of aromatic nitrogens is 3. The van der Waals surface area contributed by atoms with E-state index in [9.17, 15) is 0 Å². The zero-order valence-corrected chi connectivity index (χ0v) is 17.5. The van der Waals surface area contributed by atoms with E-state index in [2.05, 4.69) is 32.2 Å². The minimum atomic E-state index is -1.75. The van der Waals surface area contributed by atoms with E-state index in [1.807, 2.05) is 24.3 Å². The molecule has 2 aromatic rings. The van der Waals surface area contributed by atoms with E-state index in [4.69, 9.17) is 39.5 Å². The molecule has 1 unspecified atom stereocenters. The molecule has 0 amide bonds. The summed E-state index contributed by atoms with van der Waals surface area (Å²) in [7, 11) is 3.74. The average Bonchev–Trinajstić information content (AvgIpc) is 3.05. The maximum absolute atomic E-state index is 6.03. The molecular weight excluding hydrogens is 409 g/mol. The standard InChI is InChI=1S/C18H22Cl3N5O/c1-26-11-5-6-12(26)9-10-22-17-24-15(23-16(25-17)18(19,20)21)13-7-3-4-8-14(13)27-2/h3-4,7-8,12H,5-6,9-11H2,1-2H3,(H,22,23,24,25). The molecule has 6 nitrogen and oxygen atoms in total. The van der Waals surface area contributed by atoms with Gasteiger partial charge in [-0.2, -0.15) is 9.97 Å². The zero-order valence-electron chi connectivity index (χ0n) is 15.3. The van der Waals surface area contributed by atoms with Crippen molar-refractivity contribution in [1.82, 2.24) is 19.9 Å². The largest absolute Gasteiger partial charge is 0.496 e. The predicted molar refractivity (Wildman–Crippen MR) is 110 cm³/mol. The fraction of sp³-hybridized carbons (Fsp3) is 0.500. The van der Waals surface area contributed by atoms with Crippen LogP contribution in [-0.4, -0.2) is 53.1 Å². The lowest BCUT2D eigenvalue weighted by atomic mass is 10.1. The van der Waals surface area contributed by atoms with Gasteiger partial charge in [0.15, 0.2) is 11.6 Å². The Balaban J connectivity index is 1.85. The van der Waals surface area contributed by atoms with Crippen molar-refractivity contribution in [2.75, 3.05) is 32.6 Å². The first-order valence-electron chi connectivity index (χ1n) is 8.79. The molecule has 1 aromatic carbocycles. The molecule has 0 spiro atoms. The van der Waals surface area contributed by atoms with Gasteiger partial charge in [0.25, 0.3) is 0 Å². The Hall–Kier alpha value is -1.34. The summed E-state index contributed by atoms with van der Waals surface area (Å²) in [4.78, 5) is 15.5. The third-order valence-corrected chi connectivity index (χ3v) is 5.18. The molecule has 3 rings (SSSR count). The number of nitrogens with zero attached hydrogens (tertiary/aromatic N) is 4. The number of para-hydroxylation sites is 1. The Morgan fingerprint density at radius 3 is 2.67 bits per heavy atom. The van der Waals surface area contributed by atoms with Crippen LogP contribution in [0.3, 0.4) is 0 Å². The Morgan fingerprint density at radius 2 is 2.00 bits per heavy atom. The second kappa shape index (κ2) is 8.78. The lowest BCUT2D eigenvalue weighted by Gasteiger charge is -2.19. The molecule has 27 heavy (non-hydrogen) atoms. The van der Waals surface area contributed by atoms with Crippen LogP contribution in [0.5, 0.6) is 5.75 Å². The number of ether oxygens (including phenoxy) is 1. The lowest BCUT2D eigenvalue weighted by Crippen LogP contribution is -2.27. The third kappa shape index (κ3) is 5.13. The maximum Gasteiger partial charge on any atom is 0.250 e. The van der Waals surface area contributed by atoms with Gasteiger partial charge in [-0.15, -0.1) is 0 Å². The van der Waals surface area contributed by atoms with Crippen molar-refractivity contribution in [2.24, 2.45) is 0 Å². The highest BCUT2D eigenvalue weighted by molar-refractivity contribution is 6.66. The summed E-state index contributed by atoms with van der Waals surface area (Å²) < 4.78 is 3.65. The van der Waals surface area contributed by atoms with Crippen molar-refractivity contribution in [3.63, 3.8) is 0 Å². The summed E-state index contributed by atoms with van der Waals surface area (Å²) in [5.74, 6) is 1.48. The molecule has 1 saturated heterocycles. The first kappa shape index (κ1) is 20.4. The number of anilines is 1. The van der Waals surface area contributed by atoms with Gasteiger partial charge in [0.2, 0.25) is 9.74 Å². The Bertz CT molecular complexity index is 784. The third-order valence-electron chi connectivity index (χ3n) is 4.67. The van der Waals surface area contributed by atoms with Crippen LogP contribution >= 0.6 is 34.8 Å². The minimum Gasteiger partial charge on any atom is -0.496 e. The van der Waals surface area contributed by atoms with Crippen LogP contribution in [0.1, 0.15) is 25.1 Å². The molecule has 1 aromatic heterocycles. The average molecular weight is 431 g/mol. The molecular formula is C18H22Cl3N5O. The van der Waals surface area contributed by atoms with Gasteiger partial charge in [-0.1, -0.05) is 46.9 Å². The predicted octanol–water partition coefficient (Wildman–Crippen LogP) is 4.27. The summed E-state index contributed by atoms with van der Waals surface area (Å²) >= 11 is 18.1. The van der Waals surface area contributed by atoms with E-state index in [-0.39, 0.29) is 5.82 Å². The van der Waals surface area contributed by atoms with Crippen molar-refractivity contribution in [3.05, 3.63) is 30.1 Å². The van der Waals surface area contributed by atoms with Gasteiger partial charge < -0.3 is 15.0 Å². The van der Waals surface area contributed by atoms with Gasteiger partial charge in [0, 0.05) is 12.6 Å². The molecule has 0 aliphatic carbocycles. The topological polar surface area (TPSA) is 63.2 Å². The molecule has 1 N–H and O–H groups in total. The molecule has 0 saturated carbocycles. The van der Waals surface area contributed by atoms with Crippen molar-refractivity contribution in [1.29, 1.82) is 0 Å². The first-order chi connectivity index (χ1) is 12.9. The SMILES string of the molecule is COc1ccccc1-c1nc(NCCC2CCCN2C)nc(C(Cl)(Cl)Cl)n1. The normalized spacial score (nSPS) is 17.9. The van der Waals surface area contributed by atoms with Crippen molar-refractivity contribution in [2.45, 2.75) is 29.1 Å². The van der Waals surface area contributed by atoms with Gasteiger partial charge in [-0.3, -0.25) is 0 Å². The first-order valence-corrected chi connectivity index (χ1v) is 9.92. The van der Waals surface area contributed by atoms with Crippen molar-refractivity contribution < 1.29 is 4.74 Å². The van der Waals surface area contributed by atoms with E-state index in [0.29, 0.717) is 29.1 Å². The molecule has 0 radical (unpaired) electrons.